The largest absolute Gasteiger partial charge is 0.396 e. The summed E-state index contributed by atoms with van der Waals surface area (Å²) in [6.07, 6.45) is 7.14. The Kier molecular flexibility index (Phi) is 10.4. The highest BCUT2D eigenvalue weighted by Gasteiger charge is 2.10. The topological polar surface area (TPSA) is 32.3 Å². The monoisotopic (exact) mass is 215 g/mol. The molecule has 0 fully saturated rings. The van der Waals surface area contributed by atoms with Crippen LogP contribution in [0.1, 0.15) is 59.3 Å². The quantitative estimate of drug-likeness (QED) is 0.587. The van der Waals surface area contributed by atoms with Gasteiger partial charge in [-0.15, -0.1) is 0 Å². The first-order valence-corrected chi connectivity index (χ1v) is 6.62. The van der Waals surface area contributed by atoms with Crippen molar-refractivity contribution < 1.29 is 5.11 Å². The molecule has 0 saturated heterocycles. The molecule has 0 aliphatic rings. The van der Waals surface area contributed by atoms with E-state index in [1.54, 1.807) is 0 Å². The summed E-state index contributed by atoms with van der Waals surface area (Å²) in [7, 11) is 0. The predicted molar refractivity (Wildman–Crippen MR) is 67.1 cm³/mol. The van der Waals surface area contributed by atoms with Crippen molar-refractivity contribution in [3.63, 3.8) is 0 Å². The normalized spacial score (nSPS) is 15.2. The molecular formula is C13H29NO. The zero-order valence-electron chi connectivity index (χ0n) is 10.8. The highest BCUT2D eigenvalue weighted by Crippen LogP contribution is 2.11. The Bertz CT molecular complexity index is 122. The molecule has 92 valence electrons. The predicted octanol–water partition coefficient (Wildman–Crippen LogP) is 2.95. The second-order valence-electron chi connectivity index (χ2n) is 4.47. The Morgan fingerprint density at radius 2 is 1.67 bits per heavy atom. The van der Waals surface area contributed by atoms with Crippen molar-refractivity contribution in [2.24, 2.45) is 5.92 Å². The molecule has 0 rings (SSSR count). The maximum Gasteiger partial charge on any atom is 0.0434 e. The van der Waals surface area contributed by atoms with Gasteiger partial charge in [-0.25, -0.2) is 0 Å². The molecule has 0 heterocycles. The summed E-state index contributed by atoms with van der Waals surface area (Å²) in [5.74, 6) is 0.658. The average molecular weight is 215 g/mol. The molecule has 0 radical (unpaired) electrons. The van der Waals surface area contributed by atoms with Crippen molar-refractivity contribution >= 4 is 0 Å². The van der Waals surface area contributed by atoms with E-state index in [1.807, 2.05) is 0 Å². The van der Waals surface area contributed by atoms with Crippen LogP contribution in [0.4, 0.5) is 0 Å². The molecule has 0 bridgehead atoms. The van der Waals surface area contributed by atoms with E-state index < -0.39 is 0 Å². The van der Waals surface area contributed by atoms with E-state index in [1.165, 1.54) is 32.1 Å². The lowest BCUT2D eigenvalue weighted by Crippen LogP contribution is -2.33. The lowest BCUT2D eigenvalue weighted by molar-refractivity contribution is 0.243. The van der Waals surface area contributed by atoms with Crippen LogP contribution in [-0.4, -0.2) is 24.3 Å². The van der Waals surface area contributed by atoms with Crippen LogP contribution in [-0.2, 0) is 0 Å². The smallest absolute Gasteiger partial charge is 0.0434 e. The summed E-state index contributed by atoms with van der Waals surface area (Å²) in [5.41, 5.74) is 0. The van der Waals surface area contributed by atoms with Crippen LogP contribution in [0.2, 0.25) is 0 Å². The maximum absolute atomic E-state index is 8.96. The fourth-order valence-electron chi connectivity index (χ4n) is 2.07. The van der Waals surface area contributed by atoms with Gasteiger partial charge in [0.05, 0.1) is 0 Å². The summed E-state index contributed by atoms with van der Waals surface area (Å²) < 4.78 is 0. The van der Waals surface area contributed by atoms with Crippen molar-refractivity contribution in [3.8, 4) is 0 Å². The van der Waals surface area contributed by atoms with Gasteiger partial charge in [0.2, 0.25) is 0 Å². The number of aliphatic hydroxyl groups excluding tert-OH is 1. The van der Waals surface area contributed by atoms with Gasteiger partial charge in [-0.1, -0.05) is 33.6 Å². The number of hydrogen-bond acceptors (Lipinski definition) is 2. The minimum absolute atomic E-state index is 0.330. The zero-order valence-corrected chi connectivity index (χ0v) is 10.8. The van der Waals surface area contributed by atoms with Crippen LogP contribution in [0.15, 0.2) is 0 Å². The first-order valence-electron chi connectivity index (χ1n) is 6.62. The fourth-order valence-corrected chi connectivity index (χ4v) is 2.07. The number of hydrogen-bond donors (Lipinski definition) is 2. The second kappa shape index (κ2) is 10.4. The third kappa shape index (κ3) is 7.80. The highest BCUT2D eigenvalue weighted by molar-refractivity contribution is 4.68. The van der Waals surface area contributed by atoms with Crippen molar-refractivity contribution in [1.29, 1.82) is 0 Å². The summed E-state index contributed by atoms with van der Waals surface area (Å²) in [5, 5.41) is 12.6. The van der Waals surface area contributed by atoms with Crippen LogP contribution in [0.25, 0.3) is 0 Å². The van der Waals surface area contributed by atoms with Crippen LogP contribution >= 0.6 is 0 Å². The third-order valence-electron chi connectivity index (χ3n) is 3.06. The van der Waals surface area contributed by atoms with E-state index in [4.69, 9.17) is 5.11 Å². The second-order valence-corrected chi connectivity index (χ2v) is 4.47. The van der Waals surface area contributed by atoms with Crippen molar-refractivity contribution in [1.82, 2.24) is 5.32 Å². The van der Waals surface area contributed by atoms with Gasteiger partial charge in [-0.2, -0.15) is 0 Å². The van der Waals surface area contributed by atoms with Gasteiger partial charge in [0, 0.05) is 12.6 Å². The third-order valence-corrected chi connectivity index (χ3v) is 3.06. The van der Waals surface area contributed by atoms with E-state index in [9.17, 15) is 0 Å². The van der Waals surface area contributed by atoms with Crippen molar-refractivity contribution in [2.75, 3.05) is 13.2 Å². The molecule has 0 amide bonds. The van der Waals surface area contributed by atoms with Crippen molar-refractivity contribution in [2.45, 2.75) is 65.3 Å². The lowest BCUT2D eigenvalue weighted by atomic mass is 9.99. The first-order chi connectivity index (χ1) is 7.28. The van der Waals surface area contributed by atoms with Crippen molar-refractivity contribution in [3.05, 3.63) is 0 Å². The van der Waals surface area contributed by atoms with E-state index in [2.05, 4.69) is 26.1 Å². The minimum Gasteiger partial charge on any atom is -0.396 e. The molecular weight excluding hydrogens is 186 g/mol. The Labute approximate surface area is 95.5 Å². The van der Waals surface area contributed by atoms with E-state index in [0.29, 0.717) is 18.6 Å². The molecule has 0 aromatic heterocycles. The molecule has 0 saturated carbocycles. The van der Waals surface area contributed by atoms with Gasteiger partial charge in [0.1, 0.15) is 0 Å². The summed E-state index contributed by atoms with van der Waals surface area (Å²) in [6, 6.07) is 0.674. The molecule has 15 heavy (non-hydrogen) atoms. The Morgan fingerprint density at radius 1 is 1.00 bits per heavy atom. The van der Waals surface area contributed by atoms with E-state index in [-0.39, 0.29) is 0 Å². The van der Waals surface area contributed by atoms with Crippen LogP contribution in [0.5, 0.6) is 0 Å². The standard InChI is InChI=1S/C13H29NO/c1-4-7-12(9-10-15)11-14-13(6-3)8-5-2/h12-15H,4-11H2,1-3H3. The van der Waals surface area contributed by atoms with Gasteiger partial charge >= 0.3 is 0 Å². The van der Waals surface area contributed by atoms with Gasteiger partial charge < -0.3 is 10.4 Å². The maximum atomic E-state index is 8.96. The van der Waals surface area contributed by atoms with Gasteiger partial charge in [-0.05, 0) is 38.1 Å². The molecule has 2 heteroatoms. The molecule has 2 N–H and O–H groups in total. The molecule has 0 aliphatic heterocycles. The highest BCUT2D eigenvalue weighted by atomic mass is 16.3. The molecule has 2 atom stereocenters. The Hall–Kier alpha value is -0.0800. The van der Waals surface area contributed by atoms with Gasteiger partial charge in [0.25, 0.3) is 0 Å². The van der Waals surface area contributed by atoms with Crippen LogP contribution in [0, 0.1) is 5.92 Å². The molecule has 0 spiro atoms. The molecule has 0 aliphatic carbocycles. The fraction of sp³-hybridized carbons (Fsp3) is 1.00. The van der Waals surface area contributed by atoms with Crippen LogP contribution < -0.4 is 5.32 Å². The van der Waals surface area contributed by atoms with Gasteiger partial charge in [0.15, 0.2) is 0 Å². The van der Waals surface area contributed by atoms with Gasteiger partial charge in [-0.3, -0.25) is 0 Å². The molecule has 0 aromatic carbocycles. The average Bonchev–Trinajstić information content (AvgIpc) is 2.24. The SMILES string of the molecule is CCCC(CCO)CNC(CC)CCC. The first kappa shape index (κ1) is 14.9. The Morgan fingerprint density at radius 3 is 2.13 bits per heavy atom. The molecule has 2 unspecified atom stereocenters. The summed E-state index contributed by atoms with van der Waals surface area (Å²) >= 11 is 0. The van der Waals surface area contributed by atoms with Crippen LogP contribution in [0.3, 0.4) is 0 Å². The molecule has 2 nitrogen and oxygen atoms in total. The number of nitrogens with one attached hydrogen (secondary N) is 1. The zero-order chi connectivity index (χ0) is 11.5. The number of aliphatic hydroxyl groups is 1. The summed E-state index contributed by atoms with van der Waals surface area (Å²) in [6.45, 7) is 8.10. The lowest BCUT2D eigenvalue weighted by Gasteiger charge is -2.21. The molecule has 0 aromatic rings. The minimum atomic E-state index is 0.330. The van der Waals surface area contributed by atoms with E-state index in [0.717, 1.165) is 13.0 Å². The Balaban J connectivity index is 3.73. The summed E-state index contributed by atoms with van der Waals surface area (Å²) in [4.78, 5) is 0. The number of rotatable bonds is 10. The van der Waals surface area contributed by atoms with E-state index >= 15 is 0 Å².